The third kappa shape index (κ3) is 15.7. The van der Waals surface area contributed by atoms with E-state index in [0.29, 0.717) is 68.2 Å². The number of anilines is 6. The van der Waals surface area contributed by atoms with Crippen molar-refractivity contribution in [3.8, 4) is 33.8 Å². The van der Waals surface area contributed by atoms with Gasteiger partial charge in [-0.25, -0.2) is 43.6 Å². The number of carbonyl (C=O) groups excluding carboxylic acids is 3. The van der Waals surface area contributed by atoms with Crippen molar-refractivity contribution in [2.75, 3.05) is 33.2 Å². The molecule has 12 rings (SSSR count). The summed E-state index contributed by atoms with van der Waals surface area (Å²) in [7, 11) is 0. The van der Waals surface area contributed by atoms with Gasteiger partial charge in [0.15, 0.2) is 23.1 Å². The summed E-state index contributed by atoms with van der Waals surface area (Å²) in [6.45, 7) is 26.3. The van der Waals surface area contributed by atoms with Crippen molar-refractivity contribution in [2.45, 2.75) is 156 Å². The zero-order valence-corrected chi connectivity index (χ0v) is 57.3. The van der Waals surface area contributed by atoms with Crippen molar-refractivity contribution in [1.82, 2.24) is 74.4 Å². The van der Waals surface area contributed by atoms with E-state index < -0.39 is 17.5 Å². The van der Waals surface area contributed by atoms with Gasteiger partial charge in [-0.3, -0.25) is 25.0 Å². The first-order chi connectivity index (χ1) is 46.6. The van der Waals surface area contributed by atoms with Crippen LogP contribution in [0, 0.1) is 0 Å². The van der Waals surface area contributed by atoms with Crippen LogP contribution in [0.5, 0.6) is 0 Å². The fourth-order valence-electron chi connectivity index (χ4n) is 10.3. The van der Waals surface area contributed by atoms with E-state index in [1.165, 1.54) is 19.0 Å². The molecule has 516 valence electrons. The Kier molecular flexibility index (Phi) is 19.9. The number of nitrogens with one attached hydrogen (secondary N) is 3. The lowest BCUT2D eigenvalue weighted by atomic mass is 9.89. The first-order valence-corrected chi connectivity index (χ1v) is 31.8. The van der Waals surface area contributed by atoms with E-state index in [4.69, 9.17) is 40.7 Å². The zero-order valence-electron chi connectivity index (χ0n) is 57.3. The van der Waals surface area contributed by atoms with Crippen molar-refractivity contribution in [2.24, 2.45) is 0 Å². The molecule has 3 aromatic carbocycles. The first kappa shape index (κ1) is 70.3. The molecular weight excluding hydrogens is 1280 g/mol. The molecule has 9 N–H and O–H groups in total. The summed E-state index contributed by atoms with van der Waals surface area (Å²) in [6, 6.07) is 27.1. The Balaban J connectivity index is 0.000000161. The van der Waals surface area contributed by atoms with Crippen LogP contribution in [0.1, 0.15) is 160 Å². The van der Waals surface area contributed by atoms with Gasteiger partial charge in [-0.1, -0.05) is 158 Å². The Hall–Kier alpha value is -11.5. The molecule has 12 aromatic rings. The number of hydrogen-bond donors (Lipinski definition) is 6. The van der Waals surface area contributed by atoms with Gasteiger partial charge in [-0.05, 0) is 44.4 Å². The Labute approximate surface area is 567 Å². The number of nitrogens with two attached hydrogens (primary N) is 3. The van der Waals surface area contributed by atoms with Gasteiger partial charge in [0, 0.05) is 63.6 Å². The standard InChI is InChI=1S/C23H24F3N7O2.2C23H27N7O2/c1-12(2)33-21-18(20(27)28-11-29-21)19(31-33)14-7-5-13(6-8-14)9-16(34)30-17-10-15(32-35-17)22(3,4)23(24,25)26;1-13(2)22-28-19(20-21(24)25-12-26-30(20)22)15-8-6-14(7-9-15)10-18(31)27-17-11-16(32-29-17)23(3,4)5;1-13(2)22-28-19(20-21(24)25-12-26-30(20)22)15-8-6-14(7-9-15)10-17(31)27-18-11-16(29-32-18)23(3,4)5/h5-8,10-12H,9H2,1-4H3,(H,30,34)(H2,27,28,29);6-9,11-13H,10H2,1-5H3,(H2,24,25,26)(H,27,29,31);6-9,11-13H,10H2,1-5H3,(H,27,31)(H2,24,25,26). The highest BCUT2D eigenvalue weighted by atomic mass is 19.4. The van der Waals surface area contributed by atoms with E-state index in [-0.39, 0.29) is 71.4 Å². The van der Waals surface area contributed by atoms with Crippen molar-refractivity contribution in [3.63, 3.8) is 0 Å². The molecule has 0 aliphatic rings. The summed E-state index contributed by atoms with van der Waals surface area (Å²) in [5.41, 5.74) is 25.3. The quantitative estimate of drug-likeness (QED) is 0.0523. The third-order valence-corrected chi connectivity index (χ3v) is 16.0. The second-order valence-corrected chi connectivity index (χ2v) is 27.2. The second-order valence-electron chi connectivity index (χ2n) is 27.2. The minimum atomic E-state index is -4.51. The van der Waals surface area contributed by atoms with E-state index in [9.17, 15) is 27.6 Å². The molecule has 0 saturated heterocycles. The molecule has 0 bridgehead atoms. The average molecular weight is 1350 g/mol. The number of halogens is 3. The van der Waals surface area contributed by atoms with Crippen molar-refractivity contribution in [3.05, 3.63) is 155 Å². The molecule has 0 aliphatic carbocycles. The van der Waals surface area contributed by atoms with Crippen LogP contribution >= 0.6 is 0 Å². The number of carbonyl (C=O) groups is 3. The largest absolute Gasteiger partial charge is 0.399 e. The molecule has 27 nitrogen and oxygen atoms in total. The van der Waals surface area contributed by atoms with Crippen molar-refractivity contribution >= 4 is 74.8 Å². The van der Waals surface area contributed by atoms with Gasteiger partial charge in [0.2, 0.25) is 29.5 Å². The van der Waals surface area contributed by atoms with Crippen LogP contribution in [0.25, 0.3) is 55.8 Å². The number of hydrogen-bond acceptors (Lipinski definition) is 21. The molecular formula is C69H78F3N21O6. The van der Waals surface area contributed by atoms with Gasteiger partial charge in [-0.2, -0.15) is 28.5 Å². The Morgan fingerprint density at radius 2 is 0.929 bits per heavy atom. The first-order valence-electron chi connectivity index (χ1n) is 31.8. The number of rotatable bonds is 16. The number of benzene rings is 3. The van der Waals surface area contributed by atoms with Gasteiger partial charge >= 0.3 is 6.18 Å². The summed E-state index contributed by atoms with van der Waals surface area (Å²) < 4.78 is 60.3. The van der Waals surface area contributed by atoms with Gasteiger partial charge in [0.1, 0.15) is 81.4 Å². The number of alkyl halides is 3. The van der Waals surface area contributed by atoms with Crippen molar-refractivity contribution in [1.29, 1.82) is 0 Å². The van der Waals surface area contributed by atoms with Crippen LogP contribution in [0.15, 0.2) is 124 Å². The van der Waals surface area contributed by atoms with Crippen LogP contribution in [0.4, 0.5) is 48.2 Å². The minimum absolute atomic E-state index is 0.0224. The lowest BCUT2D eigenvalue weighted by Crippen LogP contribution is -2.36. The predicted molar refractivity (Wildman–Crippen MR) is 368 cm³/mol. The number of imidazole rings is 2. The van der Waals surface area contributed by atoms with E-state index in [0.717, 1.165) is 76.5 Å². The lowest BCUT2D eigenvalue weighted by molar-refractivity contribution is -0.181. The maximum Gasteiger partial charge on any atom is 0.399 e. The maximum atomic E-state index is 13.2. The molecule has 0 fully saturated rings. The monoisotopic (exact) mass is 1350 g/mol. The number of aromatic nitrogens is 15. The van der Waals surface area contributed by atoms with Gasteiger partial charge in [0.05, 0.1) is 30.3 Å². The fraction of sp³-hybridized carbons (Fsp3) is 0.348. The fourth-order valence-corrected chi connectivity index (χ4v) is 10.3. The highest BCUT2D eigenvalue weighted by Crippen LogP contribution is 2.41. The average Bonchev–Trinajstić information content (AvgIpc) is 1.65. The molecule has 3 amide bonds. The van der Waals surface area contributed by atoms with E-state index in [1.54, 1.807) is 50.1 Å². The maximum absolute atomic E-state index is 13.2. The molecule has 0 unspecified atom stereocenters. The van der Waals surface area contributed by atoms with Crippen LogP contribution < -0.4 is 33.2 Å². The Morgan fingerprint density at radius 1 is 0.505 bits per heavy atom. The minimum Gasteiger partial charge on any atom is -0.383 e. The topological polar surface area (TPSA) is 373 Å². The number of nitrogen functional groups attached to an aromatic ring is 3. The normalized spacial score (nSPS) is 12.1. The van der Waals surface area contributed by atoms with Crippen LogP contribution in [-0.2, 0) is 49.9 Å². The molecule has 9 heterocycles. The smallest absolute Gasteiger partial charge is 0.383 e. The van der Waals surface area contributed by atoms with E-state index >= 15 is 0 Å². The second kappa shape index (κ2) is 27.9. The zero-order chi connectivity index (χ0) is 71.6. The van der Waals surface area contributed by atoms with Gasteiger partial charge in [0.25, 0.3) is 0 Å². The van der Waals surface area contributed by atoms with Gasteiger partial charge < -0.3 is 36.1 Å². The van der Waals surface area contributed by atoms with Crippen LogP contribution in [0.3, 0.4) is 0 Å². The molecule has 9 aromatic heterocycles. The van der Waals surface area contributed by atoms with Crippen molar-refractivity contribution < 1.29 is 41.1 Å². The number of fused-ring (bicyclic) bond motifs is 3. The lowest BCUT2D eigenvalue weighted by Gasteiger charge is -2.24. The highest BCUT2D eigenvalue weighted by Gasteiger charge is 2.50. The number of nitrogens with zero attached hydrogens (tertiary/aromatic N) is 15. The summed E-state index contributed by atoms with van der Waals surface area (Å²) in [6.07, 6.45) is 0.139. The van der Waals surface area contributed by atoms with E-state index in [1.807, 2.05) is 104 Å². The Bertz CT molecular complexity index is 4670. The van der Waals surface area contributed by atoms with Crippen LogP contribution in [-0.4, -0.2) is 98.3 Å². The SMILES string of the molecule is CC(C)c1nc(-c2ccc(CC(=O)Nc3cc(C(C)(C)C)no3)cc2)c2c(N)ncnn12.CC(C)c1nc(-c2ccc(CC(=O)Nc3cc(C(C)(C)C)on3)cc2)c2c(N)ncnn12.CC(C)n1nc(-c2ccc(CC(=O)Nc3cc(C(C)(C)C(F)(F)F)no3)cc2)c2c(N)ncnc21. The highest BCUT2D eigenvalue weighted by molar-refractivity contribution is 5.99. The molecule has 99 heavy (non-hydrogen) atoms. The summed E-state index contributed by atoms with van der Waals surface area (Å²) in [4.78, 5) is 63.5. The molecule has 0 atom stereocenters. The molecule has 0 spiro atoms. The molecule has 0 radical (unpaired) electrons. The van der Waals surface area contributed by atoms with Crippen LogP contribution in [0.2, 0.25) is 0 Å². The molecule has 0 aliphatic heterocycles. The van der Waals surface area contributed by atoms with Gasteiger partial charge in [-0.15, -0.1) is 0 Å². The van der Waals surface area contributed by atoms with E-state index in [2.05, 4.69) is 94.3 Å². The summed E-state index contributed by atoms with van der Waals surface area (Å²) in [5.74, 6) is 3.55. The summed E-state index contributed by atoms with van der Waals surface area (Å²) >= 11 is 0. The third-order valence-electron chi connectivity index (χ3n) is 16.0. The Morgan fingerprint density at radius 3 is 1.33 bits per heavy atom. The number of amides is 3. The molecule has 0 saturated carbocycles. The summed E-state index contributed by atoms with van der Waals surface area (Å²) in [5, 5.41) is 33.4. The molecule has 30 heteroatoms. The predicted octanol–water partition coefficient (Wildman–Crippen LogP) is 12.6.